The molecule has 25 heavy (non-hydrogen) atoms. The Morgan fingerprint density at radius 2 is 2.00 bits per heavy atom. The first-order valence-electron chi connectivity index (χ1n) is 8.52. The number of carboxylic acid groups (broad SMARTS) is 1. The van der Waals surface area contributed by atoms with Crippen molar-refractivity contribution in [3.8, 4) is 12.3 Å². The van der Waals surface area contributed by atoms with Crippen LogP contribution in [-0.2, 0) is 11.3 Å². The average Bonchev–Trinajstić information content (AvgIpc) is 2.56. The number of hydrogen-bond acceptors (Lipinski definition) is 3. The van der Waals surface area contributed by atoms with E-state index >= 15 is 0 Å². The van der Waals surface area contributed by atoms with Crippen molar-refractivity contribution in [2.45, 2.75) is 38.4 Å². The lowest BCUT2D eigenvalue weighted by Gasteiger charge is -2.42. The number of hydrogen-bond donors (Lipinski definition) is 2. The van der Waals surface area contributed by atoms with E-state index in [0.717, 1.165) is 18.4 Å². The molecule has 1 fully saturated rings. The number of urea groups is 1. The van der Waals surface area contributed by atoms with Crippen molar-refractivity contribution < 1.29 is 14.7 Å². The summed E-state index contributed by atoms with van der Waals surface area (Å²) in [5.74, 6) is 1.71. The molecule has 0 aliphatic heterocycles. The zero-order valence-electron chi connectivity index (χ0n) is 14.5. The Hall–Kier alpha value is -2.52. The van der Waals surface area contributed by atoms with E-state index in [1.54, 1.807) is 4.90 Å². The van der Waals surface area contributed by atoms with E-state index in [1.807, 2.05) is 42.2 Å². The van der Waals surface area contributed by atoms with Crippen molar-refractivity contribution in [2.75, 3.05) is 19.6 Å². The second kappa shape index (κ2) is 9.09. The maximum absolute atomic E-state index is 12.5. The number of nitrogens with zero attached hydrogens (tertiary/aromatic N) is 2. The molecule has 6 nitrogen and oxygen atoms in total. The Morgan fingerprint density at radius 1 is 1.32 bits per heavy atom. The molecule has 1 aromatic rings. The maximum atomic E-state index is 12.5. The van der Waals surface area contributed by atoms with Gasteiger partial charge in [0.05, 0.1) is 13.1 Å². The molecule has 1 aliphatic carbocycles. The molecule has 2 rings (SSSR count). The number of nitrogens with one attached hydrogen (secondary N) is 1. The van der Waals surface area contributed by atoms with E-state index in [-0.39, 0.29) is 31.2 Å². The third kappa shape index (κ3) is 5.50. The minimum atomic E-state index is -0.822. The SMILES string of the molecule is C#CCN(Cc1ccccc1)C(=O)NC1CC(N(CC)CC(=O)O)C1. The lowest BCUT2D eigenvalue weighted by atomic mass is 9.85. The van der Waals surface area contributed by atoms with Crippen LogP contribution >= 0.6 is 0 Å². The van der Waals surface area contributed by atoms with Gasteiger partial charge in [0, 0.05) is 18.6 Å². The average molecular weight is 343 g/mol. The molecule has 0 spiro atoms. The van der Waals surface area contributed by atoms with E-state index < -0.39 is 5.97 Å². The Morgan fingerprint density at radius 3 is 2.56 bits per heavy atom. The highest BCUT2D eigenvalue weighted by Gasteiger charge is 2.35. The van der Waals surface area contributed by atoms with Gasteiger partial charge in [-0.3, -0.25) is 9.69 Å². The molecule has 2 amide bonds. The Kier molecular flexibility index (Phi) is 6.84. The fourth-order valence-electron chi connectivity index (χ4n) is 3.06. The van der Waals surface area contributed by atoms with Gasteiger partial charge >= 0.3 is 12.0 Å². The third-order valence-corrected chi connectivity index (χ3v) is 4.49. The van der Waals surface area contributed by atoms with Crippen molar-refractivity contribution in [1.29, 1.82) is 0 Å². The number of carbonyl (C=O) groups is 2. The fraction of sp³-hybridized carbons (Fsp3) is 0.474. The number of amides is 2. The van der Waals surface area contributed by atoms with Gasteiger partial charge in [-0.2, -0.15) is 0 Å². The predicted octanol–water partition coefficient (Wildman–Crippen LogP) is 1.77. The van der Waals surface area contributed by atoms with Crippen LogP contribution in [0.2, 0.25) is 0 Å². The highest BCUT2D eigenvalue weighted by Crippen LogP contribution is 2.25. The quantitative estimate of drug-likeness (QED) is 0.706. The summed E-state index contributed by atoms with van der Waals surface area (Å²) in [5.41, 5.74) is 1.03. The van der Waals surface area contributed by atoms with Gasteiger partial charge in [0.15, 0.2) is 0 Å². The van der Waals surface area contributed by atoms with Crippen LogP contribution in [0.5, 0.6) is 0 Å². The molecule has 0 atom stereocenters. The topological polar surface area (TPSA) is 72.9 Å². The normalized spacial score (nSPS) is 18.9. The molecule has 0 unspecified atom stereocenters. The summed E-state index contributed by atoms with van der Waals surface area (Å²) in [7, 11) is 0. The molecule has 1 aliphatic rings. The number of rotatable bonds is 8. The zero-order chi connectivity index (χ0) is 18.2. The van der Waals surface area contributed by atoms with Crippen LogP contribution in [0, 0.1) is 12.3 Å². The molecule has 1 aromatic carbocycles. The van der Waals surface area contributed by atoms with E-state index in [4.69, 9.17) is 11.5 Å². The minimum absolute atomic E-state index is 0.0407. The molecule has 2 N–H and O–H groups in total. The van der Waals surface area contributed by atoms with Gasteiger partial charge < -0.3 is 15.3 Å². The monoisotopic (exact) mass is 343 g/mol. The number of likely N-dealkylation sites (N-methyl/N-ethyl adjacent to an activating group) is 1. The number of aliphatic carboxylic acids is 1. The summed E-state index contributed by atoms with van der Waals surface area (Å²) in [5, 5.41) is 11.9. The first-order chi connectivity index (χ1) is 12.0. The van der Waals surface area contributed by atoms with E-state index in [1.165, 1.54) is 0 Å². The fourth-order valence-corrected chi connectivity index (χ4v) is 3.06. The molecular formula is C19H25N3O3. The van der Waals surface area contributed by atoms with Crippen LogP contribution in [0.15, 0.2) is 30.3 Å². The van der Waals surface area contributed by atoms with Crippen molar-refractivity contribution in [1.82, 2.24) is 15.1 Å². The van der Waals surface area contributed by atoms with Crippen molar-refractivity contribution in [3.63, 3.8) is 0 Å². The van der Waals surface area contributed by atoms with Crippen LogP contribution < -0.4 is 5.32 Å². The van der Waals surface area contributed by atoms with Crippen molar-refractivity contribution in [3.05, 3.63) is 35.9 Å². The highest BCUT2D eigenvalue weighted by molar-refractivity contribution is 5.75. The van der Waals surface area contributed by atoms with Gasteiger partial charge in [0.25, 0.3) is 0 Å². The second-order valence-corrected chi connectivity index (χ2v) is 6.27. The van der Waals surface area contributed by atoms with Crippen LogP contribution in [0.25, 0.3) is 0 Å². The van der Waals surface area contributed by atoms with Gasteiger partial charge in [0.2, 0.25) is 0 Å². The lowest BCUT2D eigenvalue weighted by molar-refractivity contribution is -0.139. The smallest absolute Gasteiger partial charge is 0.318 e. The molecule has 0 bridgehead atoms. The summed E-state index contributed by atoms with van der Waals surface area (Å²) in [6.07, 6.45) is 6.92. The molecule has 134 valence electrons. The lowest BCUT2D eigenvalue weighted by Crippen LogP contribution is -2.56. The Bertz CT molecular complexity index is 621. The van der Waals surface area contributed by atoms with Gasteiger partial charge in [-0.05, 0) is 24.9 Å². The predicted molar refractivity (Wildman–Crippen MR) is 95.9 cm³/mol. The largest absolute Gasteiger partial charge is 0.480 e. The van der Waals surface area contributed by atoms with Crippen molar-refractivity contribution >= 4 is 12.0 Å². The van der Waals surface area contributed by atoms with E-state index in [2.05, 4.69) is 11.2 Å². The molecule has 0 heterocycles. The van der Waals surface area contributed by atoms with Crippen LogP contribution in [0.1, 0.15) is 25.3 Å². The standard InChI is InChI=1S/C19H25N3O3/c1-3-10-22(13-15-8-6-5-7-9-15)19(25)20-16-11-17(12-16)21(4-2)14-18(23)24/h1,5-9,16-17H,4,10-14H2,2H3,(H,20,25)(H,23,24). The first-order valence-corrected chi connectivity index (χ1v) is 8.52. The summed E-state index contributed by atoms with van der Waals surface area (Å²) >= 11 is 0. The Labute approximate surface area is 148 Å². The number of carbonyl (C=O) groups excluding carboxylic acids is 1. The second-order valence-electron chi connectivity index (χ2n) is 6.27. The molecule has 0 aromatic heterocycles. The van der Waals surface area contributed by atoms with Crippen molar-refractivity contribution in [2.24, 2.45) is 0 Å². The van der Waals surface area contributed by atoms with Gasteiger partial charge in [-0.15, -0.1) is 6.42 Å². The number of terminal acetylenes is 1. The number of benzene rings is 1. The number of carboxylic acids is 1. The minimum Gasteiger partial charge on any atom is -0.480 e. The van der Waals surface area contributed by atoms with Crippen LogP contribution in [-0.4, -0.2) is 58.6 Å². The van der Waals surface area contributed by atoms with Crippen LogP contribution in [0.4, 0.5) is 4.79 Å². The van der Waals surface area contributed by atoms with Gasteiger partial charge in [-0.1, -0.05) is 43.2 Å². The van der Waals surface area contributed by atoms with Gasteiger partial charge in [0.1, 0.15) is 0 Å². The molecule has 0 radical (unpaired) electrons. The molecular weight excluding hydrogens is 318 g/mol. The zero-order valence-corrected chi connectivity index (χ0v) is 14.5. The maximum Gasteiger partial charge on any atom is 0.318 e. The molecule has 1 saturated carbocycles. The van der Waals surface area contributed by atoms with Crippen LogP contribution in [0.3, 0.4) is 0 Å². The summed E-state index contributed by atoms with van der Waals surface area (Å²) in [4.78, 5) is 26.9. The first kappa shape index (κ1) is 18.8. The summed E-state index contributed by atoms with van der Waals surface area (Å²) in [6.45, 7) is 3.39. The summed E-state index contributed by atoms with van der Waals surface area (Å²) < 4.78 is 0. The van der Waals surface area contributed by atoms with E-state index in [9.17, 15) is 9.59 Å². The van der Waals surface area contributed by atoms with E-state index in [0.29, 0.717) is 13.1 Å². The Balaban J connectivity index is 1.84. The summed E-state index contributed by atoms with van der Waals surface area (Å²) in [6, 6.07) is 9.81. The molecule has 6 heteroatoms. The highest BCUT2D eigenvalue weighted by atomic mass is 16.4. The third-order valence-electron chi connectivity index (χ3n) is 4.49. The van der Waals surface area contributed by atoms with Gasteiger partial charge in [-0.25, -0.2) is 4.79 Å². The molecule has 0 saturated heterocycles.